The molecule has 6 nitrogen and oxygen atoms in total. The van der Waals surface area contributed by atoms with Crippen LogP contribution < -0.4 is 9.47 Å². The number of ether oxygens (including phenoxy) is 3. The van der Waals surface area contributed by atoms with E-state index in [0.717, 1.165) is 54.5 Å². The molecule has 0 atom stereocenters. The summed E-state index contributed by atoms with van der Waals surface area (Å²) in [6, 6.07) is 10.2. The van der Waals surface area contributed by atoms with Crippen molar-refractivity contribution in [2.45, 2.75) is 70.1 Å². The summed E-state index contributed by atoms with van der Waals surface area (Å²) in [5, 5.41) is 11.7. The predicted molar refractivity (Wildman–Crippen MR) is 125 cm³/mol. The number of methoxy groups -OCH3 is 1. The van der Waals surface area contributed by atoms with Gasteiger partial charge in [-0.3, -0.25) is 4.90 Å². The quantitative estimate of drug-likeness (QED) is 0.473. The average Bonchev–Trinajstić information content (AvgIpc) is 3.41. The molecule has 2 fully saturated rings. The number of rotatable bonds is 12. The molecule has 3 aliphatic rings. The van der Waals surface area contributed by atoms with Crippen molar-refractivity contribution in [3.63, 3.8) is 0 Å². The summed E-state index contributed by atoms with van der Waals surface area (Å²) < 4.78 is 22.7. The molecule has 180 valence electrons. The topological polar surface area (TPSA) is 64.3 Å². The van der Waals surface area contributed by atoms with Gasteiger partial charge in [0.05, 0.1) is 13.2 Å². The Balaban J connectivity index is 1.28. The van der Waals surface area contributed by atoms with Crippen LogP contribution in [0.25, 0.3) is 0 Å². The molecule has 0 saturated heterocycles. The van der Waals surface area contributed by atoms with Gasteiger partial charge in [0.2, 0.25) is 6.79 Å². The highest BCUT2D eigenvalue weighted by molar-refractivity contribution is 5.44. The van der Waals surface area contributed by atoms with E-state index in [4.69, 9.17) is 18.6 Å². The Hall–Kier alpha value is -2.02. The first-order valence-electron chi connectivity index (χ1n) is 12.5. The Labute approximate surface area is 196 Å². The van der Waals surface area contributed by atoms with E-state index in [0.29, 0.717) is 25.0 Å². The summed E-state index contributed by atoms with van der Waals surface area (Å²) >= 11 is 0. The third kappa shape index (κ3) is 5.39. The first-order valence-corrected chi connectivity index (χ1v) is 12.5. The van der Waals surface area contributed by atoms with Crippen LogP contribution in [0.2, 0.25) is 0 Å². The van der Waals surface area contributed by atoms with Gasteiger partial charge in [-0.2, -0.15) is 0 Å². The maximum atomic E-state index is 11.7. The van der Waals surface area contributed by atoms with E-state index in [1.807, 2.05) is 24.3 Å². The van der Waals surface area contributed by atoms with E-state index >= 15 is 0 Å². The number of hydrogen-bond donors (Lipinski definition) is 1. The molecule has 2 aromatic rings. The van der Waals surface area contributed by atoms with Crippen LogP contribution in [-0.4, -0.2) is 37.1 Å². The van der Waals surface area contributed by atoms with Crippen LogP contribution in [0.1, 0.15) is 68.5 Å². The first kappa shape index (κ1) is 22.8. The lowest BCUT2D eigenvalue weighted by atomic mass is 9.70. The minimum atomic E-state index is -0.830. The van der Waals surface area contributed by atoms with E-state index in [2.05, 4.69) is 11.0 Å². The highest BCUT2D eigenvalue weighted by atomic mass is 16.7. The standard InChI is InChI=1S/C27H37NO5/c1-30-13-12-28(17-22-8-10-24-25(14-22)32-19-31-24)18-23-9-11-26(33-23)27(29,15-20-4-2-5-20)16-21-6-3-7-21/h8-11,14,20-21,29H,2-7,12-13,15-19H2,1H3. The molecule has 2 heterocycles. The van der Waals surface area contributed by atoms with Gasteiger partial charge in [-0.15, -0.1) is 0 Å². The zero-order valence-corrected chi connectivity index (χ0v) is 19.8. The van der Waals surface area contributed by atoms with Crippen LogP contribution >= 0.6 is 0 Å². The van der Waals surface area contributed by atoms with Gasteiger partial charge in [-0.25, -0.2) is 0 Å². The molecular weight excluding hydrogens is 418 g/mol. The van der Waals surface area contributed by atoms with E-state index in [1.54, 1.807) is 7.11 Å². The van der Waals surface area contributed by atoms with Crippen LogP contribution in [0.15, 0.2) is 34.7 Å². The minimum Gasteiger partial charge on any atom is -0.462 e. The molecule has 1 N–H and O–H groups in total. The van der Waals surface area contributed by atoms with Crippen LogP contribution in [0.4, 0.5) is 0 Å². The second-order valence-corrected chi connectivity index (χ2v) is 10.2. The van der Waals surface area contributed by atoms with Crippen molar-refractivity contribution in [1.82, 2.24) is 4.90 Å². The third-order valence-corrected chi connectivity index (χ3v) is 7.66. The SMILES string of the molecule is COCCN(Cc1ccc2c(c1)OCO2)Cc1ccc(C(O)(CC2CCC2)CC2CCC2)o1. The van der Waals surface area contributed by atoms with Gasteiger partial charge in [-0.05, 0) is 54.5 Å². The zero-order valence-electron chi connectivity index (χ0n) is 19.8. The molecule has 0 spiro atoms. The van der Waals surface area contributed by atoms with Gasteiger partial charge in [0.15, 0.2) is 11.5 Å². The third-order valence-electron chi connectivity index (χ3n) is 7.66. The number of aliphatic hydroxyl groups is 1. The fourth-order valence-electron chi connectivity index (χ4n) is 5.30. The molecule has 0 bridgehead atoms. The lowest BCUT2D eigenvalue weighted by Crippen LogP contribution is -2.34. The van der Waals surface area contributed by atoms with Crippen molar-refractivity contribution >= 4 is 0 Å². The van der Waals surface area contributed by atoms with Crippen LogP contribution in [0.5, 0.6) is 11.5 Å². The van der Waals surface area contributed by atoms with Crippen molar-refractivity contribution in [3.05, 3.63) is 47.4 Å². The van der Waals surface area contributed by atoms with E-state index in [9.17, 15) is 5.11 Å². The number of benzene rings is 1. The zero-order chi connectivity index (χ0) is 22.7. The molecule has 33 heavy (non-hydrogen) atoms. The summed E-state index contributed by atoms with van der Waals surface area (Å²) in [4.78, 5) is 2.31. The molecule has 6 heteroatoms. The van der Waals surface area contributed by atoms with Gasteiger partial charge >= 0.3 is 0 Å². The van der Waals surface area contributed by atoms with Crippen molar-refractivity contribution in [2.75, 3.05) is 27.1 Å². The number of fused-ring (bicyclic) bond motifs is 1. The molecule has 0 radical (unpaired) electrons. The van der Waals surface area contributed by atoms with Gasteiger partial charge < -0.3 is 23.7 Å². The van der Waals surface area contributed by atoms with Gasteiger partial charge in [0.1, 0.15) is 17.1 Å². The Bertz CT molecular complexity index is 901. The van der Waals surface area contributed by atoms with Crippen LogP contribution in [-0.2, 0) is 23.4 Å². The van der Waals surface area contributed by atoms with Crippen molar-refractivity contribution in [1.29, 1.82) is 0 Å². The van der Waals surface area contributed by atoms with E-state index in [-0.39, 0.29) is 6.79 Å². The van der Waals surface area contributed by atoms with Crippen LogP contribution in [0.3, 0.4) is 0 Å². The fourth-order valence-corrected chi connectivity index (χ4v) is 5.30. The monoisotopic (exact) mass is 455 g/mol. The molecule has 0 amide bonds. The molecule has 1 aliphatic heterocycles. The Morgan fingerprint density at radius 2 is 1.70 bits per heavy atom. The van der Waals surface area contributed by atoms with E-state index in [1.165, 1.54) is 38.5 Å². The number of nitrogens with zero attached hydrogens (tertiary/aromatic N) is 1. The lowest BCUT2D eigenvalue weighted by Gasteiger charge is -2.39. The Kier molecular flexibility index (Phi) is 6.95. The molecule has 1 aromatic carbocycles. The summed E-state index contributed by atoms with van der Waals surface area (Å²) in [7, 11) is 1.73. The molecule has 1 aromatic heterocycles. The second kappa shape index (κ2) is 10.1. The maximum Gasteiger partial charge on any atom is 0.231 e. The highest BCUT2D eigenvalue weighted by Crippen LogP contribution is 2.45. The Morgan fingerprint density at radius 3 is 2.36 bits per heavy atom. The summed E-state index contributed by atoms with van der Waals surface area (Å²) in [5.74, 6) is 4.51. The van der Waals surface area contributed by atoms with Crippen molar-refractivity contribution < 1.29 is 23.7 Å². The van der Waals surface area contributed by atoms with Gasteiger partial charge in [0.25, 0.3) is 0 Å². The van der Waals surface area contributed by atoms with E-state index < -0.39 is 5.60 Å². The second-order valence-electron chi connectivity index (χ2n) is 10.2. The summed E-state index contributed by atoms with van der Waals surface area (Å²) in [6.07, 6.45) is 9.20. The largest absolute Gasteiger partial charge is 0.462 e. The molecule has 0 unspecified atom stereocenters. The number of furan rings is 1. The van der Waals surface area contributed by atoms with Gasteiger partial charge in [0, 0.05) is 20.2 Å². The van der Waals surface area contributed by atoms with Crippen molar-refractivity contribution in [2.24, 2.45) is 11.8 Å². The predicted octanol–water partition coefficient (Wildman–Crippen LogP) is 5.22. The minimum absolute atomic E-state index is 0.284. The first-order chi connectivity index (χ1) is 16.1. The maximum absolute atomic E-state index is 11.7. The number of hydrogen-bond acceptors (Lipinski definition) is 6. The average molecular weight is 456 g/mol. The molecular formula is C27H37NO5. The summed E-state index contributed by atoms with van der Waals surface area (Å²) in [6.45, 7) is 3.14. The smallest absolute Gasteiger partial charge is 0.231 e. The van der Waals surface area contributed by atoms with Gasteiger partial charge in [-0.1, -0.05) is 44.6 Å². The fraction of sp³-hybridized carbons (Fsp3) is 0.630. The lowest BCUT2D eigenvalue weighted by molar-refractivity contribution is -0.0494. The molecule has 2 aliphatic carbocycles. The summed E-state index contributed by atoms with van der Waals surface area (Å²) in [5.41, 5.74) is 0.330. The normalized spacial score (nSPS) is 18.5. The Morgan fingerprint density at radius 1 is 0.970 bits per heavy atom. The van der Waals surface area contributed by atoms with Crippen LogP contribution in [0, 0.1) is 11.8 Å². The molecule has 5 rings (SSSR count). The van der Waals surface area contributed by atoms with Crippen molar-refractivity contribution in [3.8, 4) is 11.5 Å². The molecule has 2 saturated carbocycles. The highest BCUT2D eigenvalue weighted by Gasteiger charge is 2.40.